The van der Waals surface area contributed by atoms with Gasteiger partial charge in [-0.05, 0) is 31.4 Å². The lowest BCUT2D eigenvalue weighted by Crippen LogP contribution is -2.46. The number of nitrogens with zero attached hydrogens (tertiary/aromatic N) is 2. The third kappa shape index (κ3) is 4.70. The first-order valence-corrected chi connectivity index (χ1v) is 7.79. The molecule has 1 aliphatic rings. The topological polar surface area (TPSA) is 62.3 Å². The number of alkyl halides is 1. The molecule has 0 aliphatic carbocycles. The van der Waals surface area contributed by atoms with Crippen LogP contribution in [0.5, 0.6) is 0 Å². The molecular weight excluding hydrogens is 290 g/mol. The Morgan fingerprint density at radius 1 is 1.29 bits per heavy atom. The first-order valence-electron chi connectivity index (χ1n) is 7.25. The summed E-state index contributed by atoms with van der Waals surface area (Å²) in [5, 5.41) is 3.01. The molecule has 0 bridgehead atoms. The van der Waals surface area contributed by atoms with Gasteiger partial charge in [0.15, 0.2) is 0 Å². The lowest BCUT2D eigenvalue weighted by atomic mass is 10.0. The standard InChI is InChI=1S/C15H20ClN3O2/c16-7-1-2-14(20)19-10-5-13(6-11-19)18-15(21)12-3-8-17-9-4-12/h3-4,8-9,13H,1-2,5-7,10-11H2,(H,18,21). The molecule has 114 valence electrons. The van der Waals surface area contributed by atoms with Crippen molar-refractivity contribution in [2.75, 3.05) is 19.0 Å². The van der Waals surface area contributed by atoms with Crippen LogP contribution in [-0.4, -0.2) is 46.7 Å². The maximum atomic E-state index is 12.0. The highest BCUT2D eigenvalue weighted by Crippen LogP contribution is 2.13. The van der Waals surface area contributed by atoms with Crippen LogP contribution in [0.4, 0.5) is 0 Å². The van der Waals surface area contributed by atoms with Gasteiger partial charge in [-0.15, -0.1) is 11.6 Å². The highest BCUT2D eigenvalue weighted by Gasteiger charge is 2.23. The van der Waals surface area contributed by atoms with E-state index in [4.69, 9.17) is 11.6 Å². The molecule has 0 atom stereocenters. The van der Waals surface area contributed by atoms with Crippen molar-refractivity contribution in [3.63, 3.8) is 0 Å². The van der Waals surface area contributed by atoms with E-state index >= 15 is 0 Å². The molecule has 1 fully saturated rings. The summed E-state index contributed by atoms with van der Waals surface area (Å²) in [7, 11) is 0. The molecule has 21 heavy (non-hydrogen) atoms. The predicted molar refractivity (Wildman–Crippen MR) is 81.3 cm³/mol. The summed E-state index contributed by atoms with van der Waals surface area (Å²) >= 11 is 5.60. The van der Waals surface area contributed by atoms with Crippen LogP contribution in [0.3, 0.4) is 0 Å². The van der Waals surface area contributed by atoms with Gasteiger partial charge in [-0.1, -0.05) is 0 Å². The van der Waals surface area contributed by atoms with E-state index < -0.39 is 0 Å². The Bertz CT molecular complexity index is 473. The van der Waals surface area contributed by atoms with E-state index in [1.807, 2.05) is 4.90 Å². The Kier molecular flexibility index (Phi) is 5.99. The van der Waals surface area contributed by atoms with Crippen LogP contribution in [0.25, 0.3) is 0 Å². The number of carbonyl (C=O) groups is 2. The lowest BCUT2D eigenvalue weighted by molar-refractivity contribution is -0.132. The van der Waals surface area contributed by atoms with Gasteiger partial charge in [-0.25, -0.2) is 0 Å². The number of hydrogen-bond donors (Lipinski definition) is 1. The molecule has 1 saturated heterocycles. The number of halogens is 1. The predicted octanol–water partition coefficient (Wildman–Crippen LogP) is 1.82. The maximum Gasteiger partial charge on any atom is 0.251 e. The smallest absolute Gasteiger partial charge is 0.251 e. The SMILES string of the molecule is O=C(NC1CCN(C(=O)CCCCl)CC1)c1ccncc1. The van der Waals surface area contributed by atoms with Crippen molar-refractivity contribution in [2.45, 2.75) is 31.7 Å². The van der Waals surface area contributed by atoms with Gasteiger partial charge >= 0.3 is 0 Å². The number of likely N-dealkylation sites (tertiary alicyclic amines) is 1. The fourth-order valence-electron chi connectivity index (χ4n) is 2.42. The Labute approximate surface area is 129 Å². The second kappa shape index (κ2) is 7.98. The zero-order chi connectivity index (χ0) is 15.1. The highest BCUT2D eigenvalue weighted by atomic mass is 35.5. The zero-order valence-electron chi connectivity index (χ0n) is 11.9. The van der Waals surface area contributed by atoms with Crippen molar-refractivity contribution in [3.8, 4) is 0 Å². The van der Waals surface area contributed by atoms with Crippen molar-refractivity contribution >= 4 is 23.4 Å². The Morgan fingerprint density at radius 3 is 2.57 bits per heavy atom. The fourth-order valence-corrected chi connectivity index (χ4v) is 2.56. The van der Waals surface area contributed by atoms with Crippen LogP contribution in [0.1, 0.15) is 36.0 Å². The number of aromatic nitrogens is 1. The highest BCUT2D eigenvalue weighted by molar-refractivity contribution is 6.17. The largest absolute Gasteiger partial charge is 0.349 e. The summed E-state index contributed by atoms with van der Waals surface area (Å²) in [5.74, 6) is 0.600. The maximum absolute atomic E-state index is 12.0. The van der Waals surface area contributed by atoms with E-state index in [9.17, 15) is 9.59 Å². The normalized spacial score (nSPS) is 15.8. The van der Waals surface area contributed by atoms with Crippen LogP contribution in [0.15, 0.2) is 24.5 Å². The average Bonchev–Trinajstić information content (AvgIpc) is 2.54. The summed E-state index contributed by atoms with van der Waals surface area (Å²) in [6, 6.07) is 3.52. The zero-order valence-corrected chi connectivity index (χ0v) is 12.7. The molecule has 6 heteroatoms. The molecule has 0 saturated carbocycles. The number of amides is 2. The van der Waals surface area contributed by atoms with E-state index in [1.54, 1.807) is 24.5 Å². The Morgan fingerprint density at radius 2 is 1.95 bits per heavy atom. The van der Waals surface area contributed by atoms with Gasteiger partial charge in [0.2, 0.25) is 5.91 Å². The van der Waals surface area contributed by atoms with E-state index in [0.29, 0.717) is 31.0 Å². The van der Waals surface area contributed by atoms with Gasteiger partial charge in [0.1, 0.15) is 0 Å². The first kappa shape index (κ1) is 15.8. The van der Waals surface area contributed by atoms with Crippen LogP contribution in [-0.2, 0) is 4.79 Å². The summed E-state index contributed by atoms with van der Waals surface area (Å²) < 4.78 is 0. The van der Waals surface area contributed by atoms with Crippen LogP contribution in [0.2, 0.25) is 0 Å². The van der Waals surface area contributed by atoms with E-state index in [1.165, 1.54) is 0 Å². The molecule has 2 rings (SSSR count). The van der Waals surface area contributed by atoms with E-state index in [-0.39, 0.29) is 17.9 Å². The Hall–Kier alpha value is -1.62. The van der Waals surface area contributed by atoms with E-state index in [2.05, 4.69) is 10.3 Å². The van der Waals surface area contributed by atoms with Crippen LogP contribution in [0, 0.1) is 0 Å². The molecular formula is C15H20ClN3O2. The molecule has 0 aromatic carbocycles. The first-order chi connectivity index (χ1) is 10.2. The lowest BCUT2D eigenvalue weighted by Gasteiger charge is -2.32. The van der Waals surface area contributed by atoms with Gasteiger partial charge in [0.25, 0.3) is 5.91 Å². The average molecular weight is 310 g/mol. The molecule has 0 radical (unpaired) electrons. The van der Waals surface area contributed by atoms with Crippen molar-refractivity contribution in [1.29, 1.82) is 0 Å². The second-order valence-electron chi connectivity index (χ2n) is 5.16. The fraction of sp³-hybridized carbons (Fsp3) is 0.533. The van der Waals surface area contributed by atoms with Crippen LogP contribution < -0.4 is 5.32 Å². The third-order valence-electron chi connectivity index (χ3n) is 3.65. The van der Waals surface area contributed by atoms with Gasteiger partial charge in [0, 0.05) is 49.4 Å². The summed E-state index contributed by atoms with van der Waals surface area (Å²) in [4.78, 5) is 29.7. The summed E-state index contributed by atoms with van der Waals surface area (Å²) in [6.07, 6.45) is 6.03. The van der Waals surface area contributed by atoms with Gasteiger partial charge < -0.3 is 10.2 Å². The van der Waals surface area contributed by atoms with Crippen molar-refractivity contribution < 1.29 is 9.59 Å². The minimum atomic E-state index is -0.0793. The third-order valence-corrected chi connectivity index (χ3v) is 3.92. The van der Waals surface area contributed by atoms with Gasteiger partial charge in [-0.3, -0.25) is 14.6 Å². The van der Waals surface area contributed by atoms with Crippen molar-refractivity contribution in [1.82, 2.24) is 15.2 Å². The summed E-state index contributed by atoms with van der Waals surface area (Å²) in [5.41, 5.74) is 0.616. The number of rotatable bonds is 5. The number of carbonyl (C=O) groups excluding carboxylic acids is 2. The van der Waals surface area contributed by atoms with Crippen LogP contribution >= 0.6 is 11.6 Å². The number of pyridine rings is 1. The molecule has 1 aliphatic heterocycles. The van der Waals surface area contributed by atoms with Crippen molar-refractivity contribution in [2.24, 2.45) is 0 Å². The Balaban J connectivity index is 1.77. The molecule has 0 spiro atoms. The van der Waals surface area contributed by atoms with E-state index in [0.717, 1.165) is 19.3 Å². The molecule has 2 amide bonds. The number of piperidine rings is 1. The summed E-state index contributed by atoms with van der Waals surface area (Å²) in [6.45, 7) is 1.39. The monoisotopic (exact) mass is 309 g/mol. The number of nitrogens with one attached hydrogen (secondary N) is 1. The molecule has 0 unspecified atom stereocenters. The minimum Gasteiger partial charge on any atom is -0.349 e. The molecule has 1 N–H and O–H groups in total. The quantitative estimate of drug-likeness (QED) is 0.844. The van der Waals surface area contributed by atoms with Crippen molar-refractivity contribution in [3.05, 3.63) is 30.1 Å². The minimum absolute atomic E-state index is 0.0793. The molecule has 5 nitrogen and oxygen atoms in total. The molecule has 2 heterocycles. The van der Waals surface area contributed by atoms with Gasteiger partial charge in [0.05, 0.1) is 0 Å². The van der Waals surface area contributed by atoms with Gasteiger partial charge in [-0.2, -0.15) is 0 Å². The number of hydrogen-bond acceptors (Lipinski definition) is 3. The second-order valence-corrected chi connectivity index (χ2v) is 5.53. The molecule has 1 aromatic heterocycles. The molecule has 1 aromatic rings.